The maximum atomic E-state index is 12.2. The second-order valence-electron chi connectivity index (χ2n) is 6.49. The molecule has 0 aliphatic rings. The second kappa shape index (κ2) is 7.85. The van der Waals surface area contributed by atoms with Gasteiger partial charge in [-0.25, -0.2) is 4.98 Å². The number of nitriles is 1. The Hall–Kier alpha value is -2.78. The lowest BCUT2D eigenvalue weighted by atomic mass is 10.1. The fourth-order valence-electron chi connectivity index (χ4n) is 2.89. The van der Waals surface area contributed by atoms with Crippen LogP contribution >= 0.6 is 11.8 Å². The average molecular weight is 379 g/mol. The van der Waals surface area contributed by atoms with Crippen molar-refractivity contribution in [1.29, 1.82) is 5.26 Å². The van der Waals surface area contributed by atoms with Crippen LogP contribution in [0.15, 0.2) is 33.7 Å². The van der Waals surface area contributed by atoms with Gasteiger partial charge in [0.2, 0.25) is 11.8 Å². The number of nitrogens with one attached hydrogen (secondary N) is 1. The summed E-state index contributed by atoms with van der Waals surface area (Å²) < 4.78 is 5.48. The molecular formula is C21H21N3O2S. The third-order valence-electron chi connectivity index (χ3n) is 4.55. The number of thioether (sulfide) groups is 1. The van der Waals surface area contributed by atoms with Crippen molar-refractivity contribution in [2.45, 2.75) is 39.1 Å². The van der Waals surface area contributed by atoms with Crippen LogP contribution in [0.25, 0.3) is 10.9 Å². The molecule has 0 aliphatic carbocycles. The summed E-state index contributed by atoms with van der Waals surface area (Å²) in [5, 5.41) is 14.0. The number of para-hydroxylation sites is 1. The normalized spacial score (nSPS) is 10.8. The lowest BCUT2D eigenvalue weighted by Gasteiger charge is -2.08. The van der Waals surface area contributed by atoms with Crippen molar-refractivity contribution in [2.75, 3.05) is 11.1 Å². The standard InChI is InChI=1S/C21H21N3O2S/c1-12-6-5-7-16-13(2)10-19(24-20(12)16)27-9-8-18(25)23-21-17(11-22)14(3)15(4)26-21/h5-7,10H,8-9H2,1-4H3,(H,23,25). The first-order chi connectivity index (χ1) is 12.9. The van der Waals surface area contributed by atoms with Crippen molar-refractivity contribution in [2.24, 2.45) is 0 Å². The van der Waals surface area contributed by atoms with Gasteiger partial charge < -0.3 is 4.42 Å². The molecule has 0 atom stereocenters. The molecule has 0 radical (unpaired) electrons. The Morgan fingerprint density at radius 3 is 2.78 bits per heavy atom. The Kier molecular flexibility index (Phi) is 5.52. The molecule has 27 heavy (non-hydrogen) atoms. The number of rotatable bonds is 5. The third kappa shape index (κ3) is 3.99. The van der Waals surface area contributed by atoms with Crippen LogP contribution in [0.2, 0.25) is 0 Å². The van der Waals surface area contributed by atoms with E-state index in [1.807, 2.05) is 6.07 Å². The summed E-state index contributed by atoms with van der Waals surface area (Å²) in [4.78, 5) is 16.9. The number of hydrogen-bond donors (Lipinski definition) is 1. The molecule has 0 fully saturated rings. The predicted octanol–water partition coefficient (Wildman–Crippen LogP) is 5.05. The number of hydrogen-bond acceptors (Lipinski definition) is 5. The topological polar surface area (TPSA) is 78.9 Å². The molecule has 138 valence electrons. The number of nitrogens with zero attached hydrogens (tertiary/aromatic N) is 2. The molecule has 2 heterocycles. The SMILES string of the molecule is Cc1oc(NC(=O)CCSc2cc(C)c3cccc(C)c3n2)c(C#N)c1C. The predicted molar refractivity (Wildman–Crippen MR) is 108 cm³/mol. The Morgan fingerprint density at radius 2 is 2.04 bits per heavy atom. The Bertz CT molecular complexity index is 1060. The van der Waals surface area contributed by atoms with Gasteiger partial charge in [0.05, 0.1) is 10.5 Å². The van der Waals surface area contributed by atoms with Gasteiger partial charge in [0.25, 0.3) is 0 Å². The van der Waals surface area contributed by atoms with Gasteiger partial charge in [-0.15, -0.1) is 11.8 Å². The molecule has 0 spiro atoms. The van der Waals surface area contributed by atoms with E-state index in [0.717, 1.165) is 27.1 Å². The number of amides is 1. The number of aromatic nitrogens is 1. The number of carbonyl (C=O) groups excluding carboxylic acids is 1. The molecule has 6 heteroatoms. The van der Waals surface area contributed by atoms with E-state index in [2.05, 4.69) is 43.4 Å². The number of aryl methyl sites for hydroxylation is 3. The molecule has 0 unspecified atom stereocenters. The summed E-state index contributed by atoms with van der Waals surface area (Å²) in [7, 11) is 0. The average Bonchev–Trinajstić information content (AvgIpc) is 2.89. The molecule has 0 saturated heterocycles. The Labute approximate surface area is 162 Å². The van der Waals surface area contributed by atoms with Crippen LogP contribution in [0.3, 0.4) is 0 Å². The number of benzene rings is 1. The van der Waals surface area contributed by atoms with Gasteiger partial charge in [0.15, 0.2) is 0 Å². The zero-order chi connectivity index (χ0) is 19.6. The van der Waals surface area contributed by atoms with Crippen LogP contribution in [0.5, 0.6) is 0 Å². The van der Waals surface area contributed by atoms with Crippen LogP contribution in [0.4, 0.5) is 5.88 Å². The third-order valence-corrected chi connectivity index (χ3v) is 5.47. The summed E-state index contributed by atoms with van der Waals surface area (Å²) in [6.07, 6.45) is 0.306. The Balaban J connectivity index is 1.64. The van der Waals surface area contributed by atoms with E-state index in [1.165, 1.54) is 5.56 Å². The number of pyridine rings is 1. The van der Waals surface area contributed by atoms with Crippen molar-refractivity contribution < 1.29 is 9.21 Å². The molecule has 3 aromatic rings. The van der Waals surface area contributed by atoms with E-state index >= 15 is 0 Å². The second-order valence-corrected chi connectivity index (χ2v) is 7.61. The van der Waals surface area contributed by atoms with E-state index in [-0.39, 0.29) is 11.8 Å². The highest BCUT2D eigenvalue weighted by atomic mass is 32.2. The van der Waals surface area contributed by atoms with Crippen LogP contribution in [-0.2, 0) is 4.79 Å². The van der Waals surface area contributed by atoms with Crippen LogP contribution in [-0.4, -0.2) is 16.6 Å². The van der Waals surface area contributed by atoms with Crippen molar-refractivity contribution in [3.05, 3.63) is 52.3 Å². The van der Waals surface area contributed by atoms with Gasteiger partial charge in [-0.1, -0.05) is 18.2 Å². The first-order valence-corrected chi connectivity index (χ1v) is 9.69. The molecule has 1 N–H and O–H groups in total. The van der Waals surface area contributed by atoms with Gasteiger partial charge >= 0.3 is 0 Å². The minimum absolute atomic E-state index is 0.179. The summed E-state index contributed by atoms with van der Waals surface area (Å²) >= 11 is 1.55. The lowest BCUT2D eigenvalue weighted by molar-refractivity contribution is -0.115. The monoisotopic (exact) mass is 379 g/mol. The zero-order valence-electron chi connectivity index (χ0n) is 15.8. The number of fused-ring (bicyclic) bond motifs is 1. The van der Waals surface area contributed by atoms with Crippen molar-refractivity contribution >= 4 is 34.5 Å². The van der Waals surface area contributed by atoms with Crippen molar-refractivity contribution in [1.82, 2.24) is 4.98 Å². The van der Waals surface area contributed by atoms with Gasteiger partial charge in [-0.2, -0.15) is 5.26 Å². The van der Waals surface area contributed by atoms with E-state index in [0.29, 0.717) is 23.5 Å². The van der Waals surface area contributed by atoms with Gasteiger partial charge in [-0.3, -0.25) is 10.1 Å². The highest BCUT2D eigenvalue weighted by Crippen LogP contribution is 2.27. The highest BCUT2D eigenvalue weighted by molar-refractivity contribution is 7.99. The summed E-state index contributed by atoms with van der Waals surface area (Å²) in [6, 6.07) is 10.3. The van der Waals surface area contributed by atoms with Crippen molar-refractivity contribution in [3.63, 3.8) is 0 Å². The zero-order valence-corrected chi connectivity index (χ0v) is 16.7. The molecule has 1 amide bonds. The van der Waals surface area contributed by atoms with Gasteiger partial charge in [-0.05, 0) is 44.9 Å². The summed E-state index contributed by atoms with van der Waals surface area (Å²) in [5.74, 6) is 1.29. The van der Waals surface area contributed by atoms with Crippen LogP contribution in [0, 0.1) is 39.0 Å². The van der Waals surface area contributed by atoms with E-state index < -0.39 is 0 Å². The minimum atomic E-state index is -0.179. The number of anilines is 1. The van der Waals surface area contributed by atoms with E-state index in [4.69, 9.17) is 9.40 Å². The molecule has 2 aromatic heterocycles. The smallest absolute Gasteiger partial charge is 0.227 e. The highest BCUT2D eigenvalue weighted by Gasteiger charge is 2.16. The quantitative estimate of drug-likeness (QED) is 0.627. The maximum absolute atomic E-state index is 12.2. The molecule has 5 nitrogen and oxygen atoms in total. The maximum Gasteiger partial charge on any atom is 0.227 e. The van der Waals surface area contributed by atoms with E-state index in [9.17, 15) is 10.1 Å². The molecule has 0 aliphatic heterocycles. The van der Waals surface area contributed by atoms with Crippen LogP contribution in [0.1, 0.15) is 34.4 Å². The molecule has 3 rings (SSSR count). The van der Waals surface area contributed by atoms with Gasteiger partial charge in [0.1, 0.15) is 17.4 Å². The lowest BCUT2D eigenvalue weighted by Crippen LogP contribution is -2.12. The van der Waals surface area contributed by atoms with Crippen LogP contribution < -0.4 is 5.32 Å². The molecular weight excluding hydrogens is 358 g/mol. The van der Waals surface area contributed by atoms with E-state index in [1.54, 1.807) is 25.6 Å². The largest absolute Gasteiger partial charge is 0.444 e. The summed E-state index contributed by atoms with van der Waals surface area (Å²) in [5.41, 5.74) is 4.47. The first kappa shape index (κ1) is 19.0. The molecule has 0 bridgehead atoms. The Morgan fingerprint density at radius 1 is 1.26 bits per heavy atom. The fraction of sp³-hybridized carbons (Fsp3) is 0.286. The van der Waals surface area contributed by atoms with Crippen molar-refractivity contribution in [3.8, 4) is 6.07 Å². The fourth-order valence-corrected chi connectivity index (χ4v) is 3.80. The summed E-state index contributed by atoms with van der Waals surface area (Å²) in [6.45, 7) is 7.71. The minimum Gasteiger partial charge on any atom is -0.444 e. The number of furan rings is 1. The molecule has 1 aromatic carbocycles. The number of carbonyl (C=O) groups is 1. The first-order valence-electron chi connectivity index (χ1n) is 8.70. The van der Waals surface area contributed by atoms with Gasteiger partial charge in [0, 0.05) is 23.1 Å². The molecule has 0 saturated carbocycles.